The van der Waals surface area contributed by atoms with Crippen LogP contribution in [0, 0.1) is 6.92 Å². The molecule has 0 aliphatic carbocycles. The molecule has 1 aliphatic rings. The molecule has 17 heavy (non-hydrogen) atoms. The molecule has 2 N–H and O–H groups in total. The molecule has 1 saturated heterocycles. The van der Waals surface area contributed by atoms with Gasteiger partial charge in [0.25, 0.3) is 0 Å². The van der Waals surface area contributed by atoms with E-state index in [4.69, 9.17) is 5.21 Å². The standard InChI is InChI=1S/C13H21N3O/c1-12-5-2-3-6-13(12)16-8-4-7-15(9-10-16)11-14-17/h2-3,5-6,14,17H,4,7-11H2,1H3. The van der Waals surface area contributed by atoms with Crippen molar-refractivity contribution in [2.45, 2.75) is 13.3 Å². The van der Waals surface area contributed by atoms with E-state index in [1.165, 1.54) is 11.3 Å². The van der Waals surface area contributed by atoms with Gasteiger partial charge in [0.1, 0.15) is 0 Å². The molecule has 4 heteroatoms. The van der Waals surface area contributed by atoms with Crippen LogP contribution in [0.4, 0.5) is 5.69 Å². The number of hydrogen-bond acceptors (Lipinski definition) is 4. The zero-order valence-corrected chi connectivity index (χ0v) is 10.4. The number of hydrogen-bond donors (Lipinski definition) is 2. The number of anilines is 1. The van der Waals surface area contributed by atoms with Gasteiger partial charge in [-0.25, -0.2) is 0 Å². The van der Waals surface area contributed by atoms with Crippen LogP contribution >= 0.6 is 0 Å². The number of rotatable bonds is 3. The second-order valence-electron chi connectivity index (χ2n) is 4.56. The zero-order valence-electron chi connectivity index (χ0n) is 10.4. The van der Waals surface area contributed by atoms with Crippen LogP contribution in [0.2, 0.25) is 0 Å². The lowest BCUT2D eigenvalue weighted by atomic mass is 10.2. The molecule has 94 valence electrons. The van der Waals surface area contributed by atoms with Crippen molar-refractivity contribution in [3.05, 3.63) is 29.8 Å². The zero-order chi connectivity index (χ0) is 12.1. The summed E-state index contributed by atoms with van der Waals surface area (Å²) >= 11 is 0. The van der Waals surface area contributed by atoms with Crippen LogP contribution in [0.1, 0.15) is 12.0 Å². The van der Waals surface area contributed by atoms with E-state index >= 15 is 0 Å². The molecule has 0 amide bonds. The predicted octanol–water partition coefficient (Wildman–Crippen LogP) is 1.44. The molecule has 1 aliphatic heterocycles. The first-order valence-electron chi connectivity index (χ1n) is 6.21. The minimum absolute atomic E-state index is 0.557. The van der Waals surface area contributed by atoms with Gasteiger partial charge >= 0.3 is 0 Å². The van der Waals surface area contributed by atoms with E-state index in [1.54, 1.807) is 0 Å². The molecule has 1 heterocycles. The quantitative estimate of drug-likeness (QED) is 0.778. The summed E-state index contributed by atoms with van der Waals surface area (Å²) in [4.78, 5) is 4.67. The van der Waals surface area contributed by atoms with Gasteiger partial charge in [0.15, 0.2) is 0 Å². The molecule has 4 nitrogen and oxygen atoms in total. The smallest absolute Gasteiger partial charge is 0.0723 e. The SMILES string of the molecule is Cc1ccccc1N1CCCN(CNO)CC1. The number of para-hydroxylation sites is 1. The molecule has 0 unspecified atom stereocenters. The number of aryl methyl sites for hydroxylation is 1. The number of benzene rings is 1. The molecule has 0 spiro atoms. The van der Waals surface area contributed by atoms with Crippen LogP contribution in [-0.4, -0.2) is 43.0 Å². The fourth-order valence-corrected chi connectivity index (χ4v) is 2.39. The van der Waals surface area contributed by atoms with Gasteiger partial charge in [-0.15, -0.1) is 0 Å². The first kappa shape index (κ1) is 12.4. The van der Waals surface area contributed by atoms with Gasteiger partial charge < -0.3 is 10.1 Å². The molecular weight excluding hydrogens is 214 g/mol. The van der Waals surface area contributed by atoms with Crippen LogP contribution in [0.3, 0.4) is 0 Å². The highest BCUT2D eigenvalue weighted by Crippen LogP contribution is 2.20. The monoisotopic (exact) mass is 235 g/mol. The largest absolute Gasteiger partial charge is 0.370 e. The molecule has 1 aromatic carbocycles. The van der Waals surface area contributed by atoms with E-state index in [1.807, 2.05) is 0 Å². The number of nitrogens with zero attached hydrogens (tertiary/aromatic N) is 2. The Labute approximate surface area is 103 Å². The van der Waals surface area contributed by atoms with Gasteiger partial charge in [0.05, 0.1) is 6.67 Å². The Bertz CT molecular complexity index is 356. The van der Waals surface area contributed by atoms with E-state index < -0.39 is 0 Å². The van der Waals surface area contributed by atoms with E-state index in [0.717, 1.165) is 32.6 Å². The van der Waals surface area contributed by atoms with Gasteiger partial charge in [-0.2, -0.15) is 5.48 Å². The van der Waals surface area contributed by atoms with Crippen molar-refractivity contribution in [2.24, 2.45) is 0 Å². The predicted molar refractivity (Wildman–Crippen MR) is 69.4 cm³/mol. The van der Waals surface area contributed by atoms with Crippen molar-refractivity contribution >= 4 is 5.69 Å². The van der Waals surface area contributed by atoms with Gasteiger partial charge in [-0.1, -0.05) is 18.2 Å². The molecule has 2 rings (SSSR count). The lowest BCUT2D eigenvalue weighted by Crippen LogP contribution is -2.36. The molecule has 0 atom stereocenters. The Hall–Kier alpha value is -1.10. The lowest BCUT2D eigenvalue weighted by Gasteiger charge is -2.25. The Morgan fingerprint density at radius 3 is 2.76 bits per heavy atom. The molecule has 1 fully saturated rings. The summed E-state index contributed by atoms with van der Waals surface area (Å²) in [6, 6.07) is 8.53. The van der Waals surface area contributed by atoms with Crippen molar-refractivity contribution in [2.75, 3.05) is 37.7 Å². The molecule has 1 aromatic rings. The average Bonchev–Trinajstić information content (AvgIpc) is 2.56. The first-order chi connectivity index (χ1) is 8.31. The molecule has 0 aromatic heterocycles. The maximum absolute atomic E-state index is 8.73. The number of nitrogens with one attached hydrogen (secondary N) is 1. The van der Waals surface area contributed by atoms with Crippen molar-refractivity contribution in [3.63, 3.8) is 0 Å². The summed E-state index contributed by atoms with van der Waals surface area (Å²) in [7, 11) is 0. The third-order valence-electron chi connectivity index (χ3n) is 3.34. The molecule has 0 bridgehead atoms. The van der Waals surface area contributed by atoms with Gasteiger partial charge in [0, 0.05) is 31.9 Å². The maximum Gasteiger partial charge on any atom is 0.0723 e. The third kappa shape index (κ3) is 3.19. The van der Waals surface area contributed by atoms with Gasteiger partial charge in [0.2, 0.25) is 0 Å². The van der Waals surface area contributed by atoms with Gasteiger partial charge in [-0.05, 0) is 25.0 Å². The van der Waals surface area contributed by atoms with Crippen molar-refractivity contribution in [3.8, 4) is 0 Å². The highest BCUT2D eigenvalue weighted by Gasteiger charge is 2.15. The van der Waals surface area contributed by atoms with Crippen LogP contribution in [0.5, 0.6) is 0 Å². The van der Waals surface area contributed by atoms with Crippen LogP contribution in [-0.2, 0) is 0 Å². The topological polar surface area (TPSA) is 38.7 Å². The van der Waals surface area contributed by atoms with Crippen LogP contribution in [0.15, 0.2) is 24.3 Å². The lowest BCUT2D eigenvalue weighted by molar-refractivity contribution is 0.101. The van der Waals surface area contributed by atoms with Crippen molar-refractivity contribution < 1.29 is 5.21 Å². The second kappa shape index (κ2) is 6.00. The second-order valence-corrected chi connectivity index (χ2v) is 4.56. The maximum atomic E-state index is 8.73. The van der Waals surface area contributed by atoms with E-state index in [-0.39, 0.29) is 0 Å². The molecule has 0 radical (unpaired) electrons. The molecule has 0 saturated carbocycles. The minimum Gasteiger partial charge on any atom is -0.370 e. The van der Waals surface area contributed by atoms with Crippen LogP contribution in [0.25, 0.3) is 0 Å². The fraction of sp³-hybridized carbons (Fsp3) is 0.538. The Kier molecular flexibility index (Phi) is 4.36. The van der Waals surface area contributed by atoms with Crippen molar-refractivity contribution in [1.82, 2.24) is 10.4 Å². The Morgan fingerprint density at radius 1 is 1.18 bits per heavy atom. The summed E-state index contributed by atoms with van der Waals surface area (Å²) in [5.41, 5.74) is 4.91. The molecular formula is C13H21N3O. The minimum atomic E-state index is 0.557. The first-order valence-corrected chi connectivity index (χ1v) is 6.21. The highest BCUT2D eigenvalue weighted by molar-refractivity contribution is 5.53. The van der Waals surface area contributed by atoms with Crippen molar-refractivity contribution in [1.29, 1.82) is 0 Å². The summed E-state index contributed by atoms with van der Waals surface area (Å²) in [6.07, 6.45) is 1.13. The van der Waals surface area contributed by atoms with E-state index in [0.29, 0.717) is 6.67 Å². The summed E-state index contributed by atoms with van der Waals surface area (Å²) in [5, 5.41) is 8.73. The summed E-state index contributed by atoms with van der Waals surface area (Å²) in [6.45, 7) is 6.85. The summed E-state index contributed by atoms with van der Waals surface area (Å²) in [5.74, 6) is 0. The highest BCUT2D eigenvalue weighted by atomic mass is 16.5. The number of hydroxylamine groups is 1. The Balaban J connectivity index is 2.01. The van der Waals surface area contributed by atoms with E-state index in [9.17, 15) is 0 Å². The average molecular weight is 235 g/mol. The van der Waals surface area contributed by atoms with Crippen LogP contribution < -0.4 is 10.4 Å². The normalized spacial score (nSPS) is 18.1. The van der Waals surface area contributed by atoms with E-state index in [2.05, 4.69) is 46.5 Å². The third-order valence-corrected chi connectivity index (χ3v) is 3.34. The summed E-state index contributed by atoms with van der Waals surface area (Å²) < 4.78 is 0. The van der Waals surface area contributed by atoms with Gasteiger partial charge in [-0.3, -0.25) is 4.90 Å². The fourth-order valence-electron chi connectivity index (χ4n) is 2.39. The Morgan fingerprint density at radius 2 is 2.00 bits per heavy atom.